The van der Waals surface area contributed by atoms with E-state index >= 15 is 0 Å². The highest BCUT2D eigenvalue weighted by Crippen LogP contribution is 2.16. The van der Waals surface area contributed by atoms with Crippen LogP contribution in [0, 0.1) is 6.92 Å². The Labute approximate surface area is 79.6 Å². The molecule has 0 saturated carbocycles. The summed E-state index contributed by atoms with van der Waals surface area (Å²) < 4.78 is 1.91. The zero-order valence-corrected chi connectivity index (χ0v) is 8.70. The van der Waals surface area contributed by atoms with Gasteiger partial charge in [-0.1, -0.05) is 18.2 Å². The van der Waals surface area contributed by atoms with E-state index in [-0.39, 0.29) is 0 Å². The molecule has 0 amide bonds. The first-order valence-corrected chi connectivity index (χ1v) is 4.49. The Morgan fingerprint density at radius 1 is 1.15 bits per heavy atom. The van der Waals surface area contributed by atoms with E-state index in [0.29, 0.717) is 0 Å². The quantitative estimate of drug-likeness (QED) is 0.677. The number of hydrogen-bond donors (Lipinski definition) is 0. The predicted octanol–water partition coefficient (Wildman–Crippen LogP) is 2.79. The number of rotatable bonds is 2. The van der Waals surface area contributed by atoms with Gasteiger partial charge in [-0.3, -0.25) is 4.68 Å². The van der Waals surface area contributed by atoms with Crippen LogP contribution in [0.1, 0.15) is 30.8 Å². The predicted molar refractivity (Wildman–Crippen MR) is 57.4 cm³/mol. The molecule has 2 nitrogen and oxygen atoms in total. The summed E-state index contributed by atoms with van der Waals surface area (Å²) in [6.45, 7) is 6.07. The van der Waals surface area contributed by atoms with Crippen LogP contribution in [0.4, 0.5) is 0 Å². The summed E-state index contributed by atoms with van der Waals surface area (Å²) in [7, 11) is 1.97. The first-order valence-electron chi connectivity index (χ1n) is 4.49. The van der Waals surface area contributed by atoms with Gasteiger partial charge in [-0.2, -0.15) is 5.10 Å². The van der Waals surface area contributed by atoms with Crippen LogP contribution in [0.15, 0.2) is 12.2 Å². The molecule has 0 aromatic carbocycles. The van der Waals surface area contributed by atoms with Crippen LogP contribution >= 0.6 is 0 Å². The molecule has 70 valence electrons. The van der Waals surface area contributed by atoms with E-state index in [1.165, 1.54) is 5.56 Å². The molecule has 0 bridgehead atoms. The zero-order chi connectivity index (χ0) is 9.84. The number of aryl methyl sites for hydroxylation is 2. The van der Waals surface area contributed by atoms with Crippen molar-refractivity contribution >= 4 is 12.2 Å². The molecule has 0 atom stereocenters. The van der Waals surface area contributed by atoms with Crippen molar-refractivity contribution in [3.63, 3.8) is 0 Å². The second kappa shape index (κ2) is 4.08. The summed E-state index contributed by atoms with van der Waals surface area (Å²) in [6.07, 6.45) is 8.24. The standard InChI is InChI=1S/C11H16N2/c1-5-7-10-9(3)12-13(4)11(10)8-6-2/h5-8H,1-4H3/b7-5-,8-6-. The molecule has 1 rings (SSSR count). The van der Waals surface area contributed by atoms with E-state index in [9.17, 15) is 0 Å². The normalized spacial score (nSPS) is 12.0. The monoisotopic (exact) mass is 176 g/mol. The molecular formula is C11H16N2. The minimum Gasteiger partial charge on any atom is -0.268 e. The lowest BCUT2D eigenvalue weighted by Gasteiger charge is -1.95. The Bertz CT molecular complexity index is 311. The molecule has 0 unspecified atom stereocenters. The molecule has 0 N–H and O–H groups in total. The number of allylic oxidation sites excluding steroid dienone is 2. The third-order valence-electron chi connectivity index (χ3n) is 1.97. The molecule has 0 aliphatic carbocycles. The first kappa shape index (κ1) is 9.78. The van der Waals surface area contributed by atoms with Crippen LogP contribution in [0.2, 0.25) is 0 Å². The topological polar surface area (TPSA) is 17.8 Å². The van der Waals surface area contributed by atoms with Crippen LogP contribution in [-0.2, 0) is 7.05 Å². The summed E-state index contributed by atoms with van der Waals surface area (Å²) in [5.41, 5.74) is 3.45. The minimum absolute atomic E-state index is 1.08. The summed E-state index contributed by atoms with van der Waals surface area (Å²) in [5.74, 6) is 0. The van der Waals surface area contributed by atoms with E-state index in [1.54, 1.807) is 0 Å². The number of aromatic nitrogens is 2. The molecule has 2 heteroatoms. The molecule has 0 aliphatic rings. The summed E-state index contributed by atoms with van der Waals surface area (Å²) in [5, 5.41) is 4.36. The van der Waals surface area contributed by atoms with E-state index in [1.807, 2.05) is 44.7 Å². The average molecular weight is 176 g/mol. The fourth-order valence-corrected chi connectivity index (χ4v) is 1.42. The molecule has 13 heavy (non-hydrogen) atoms. The summed E-state index contributed by atoms with van der Waals surface area (Å²) in [4.78, 5) is 0. The maximum atomic E-state index is 4.36. The Kier molecular flexibility index (Phi) is 3.07. The smallest absolute Gasteiger partial charge is 0.0678 e. The van der Waals surface area contributed by atoms with Crippen LogP contribution in [0.25, 0.3) is 12.2 Å². The lowest BCUT2D eigenvalue weighted by atomic mass is 10.1. The highest BCUT2D eigenvalue weighted by Gasteiger charge is 2.06. The van der Waals surface area contributed by atoms with Crippen molar-refractivity contribution in [3.05, 3.63) is 29.1 Å². The molecule has 1 heterocycles. The van der Waals surface area contributed by atoms with Crippen molar-refractivity contribution in [3.8, 4) is 0 Å². The van der Waals surface area contributed by atoms with Gasteiger partial charge in [0.2, 0.25) is 0 Å². The highest BCUT2D eigenvalue weighted by atomic mass is 15.3. The second-order valence-electron chi connectivity index (χ2n) is 3.01. The van der Waals surface area contributed by atoms with Crippen LogP contribution in [-0.4, -0.2) is 9.78 Å². The van der Waals surface area contributed by atoms with Gasteiger partial charge in [-0.25, -0.2) is 0 Å². The first-order chi connectivity index (χ1) is 6.20. The van der Waals surface area contributed by atoms with Gasteiger partial charge >= 0.3 is 0 Å². The van der Waals surface area contributed by atoms with Crippen molar-refractivity contribution in [1.29, 1.82) is 0 Å². The Morgan fingerprint density at radius 2 is 1.77 bits per heavy atom. The Hall–Kier alpha value is -1.31. The largest absolute Gasteiger partial charge is 0.268 e. The van der Waals surface area contributed by atoms with Crippen molar-refractivity contribution < 1.29 is 0 Å². The molecule has 1 aromatic heterocycles. The zero-order valence-electron chi connectivity index (χ0n) is 8.70. The van der Waals surface area contributed by atoms with Gasteiger partial charge in [0, 0.05) is 12.6 Å². The van der Waals surface area contributed by atoms with Gasteiger partial charge in [0.25, 0.3) is 0 Å². The van der Waals surface area contributed by atoms with E-state index in [0.717, 1.165) is 11.4 Å². The van der Waals surface area contributed by atoms with Crippen molar-refractivity contribution in [2.45, 2.75) is 20.8 Å². The van der Waals surface area contributed by atoms with E-state index < -0.39 is 0 Å². The van der Waals surface area contributed by atoms with Crippen molar-refractivity contribution in [2.24, 2.45) is 7.05 Å². The molecule has 0 aliphatic heterocycles. The fourth-order valence-electron chi connectivity index (χ4n) is 1.42. The second-order valence-corrected chi connectivity index (χ2v) is 3.01. The number of hydrogen-bond acceptors (Lipinski definition) is 1. The van der Waals surface area contributed by atoms with Crippen LogP contribution < -0.4 is 0 Å². The molecule has 0 radical (unpaired) electrons. The van der Waals surface area contributed by atoms with Gasteiger partial charge in [0.1, 0.15) is 0 Å². The lowest BCUT2D eigenvalue weighted by molar-refractivity contribution is 0.749. The van der Waals surface area contributed by atoms with Gasteiger partial charge in [-0.15, -0.1) is 0 Å². The third kappa shape index (κ3) is 1.89. The van der Waals surface area contributed by atoms with E-state index in [2.05, 4.69) is 17.3 Å². The summed E-state index contributed by atoms with van der Waals surface area (Å²) in [6, 6.07) is 0. The maximum absolute atomic E-state index is 4.36. The lowest BCUT2D eigenvalue weighted by Crippen LogP contribution is -1.93. The molecule has 1 aromatic rings. The third-order valence-corrected chi connectivity index (χ3v) is 1.97. The number of nitrogens with zero attached hydrogens (tertiary/aromatic N) is 2. The van der Waals surface area contributed by atoms with Gasteiger partial charge in [-0.05, 0) is 26.8 Å². The Morgan fingerprint density at radius 3 is 2.31 bits per heavy atom. The van der Waals surface area contributed by atoms with Crippen molar-refractivity contribution in [1.82, 2.24) is 9.78 Å². The average Bonchev–Trinajstić information content (AvgIpc) is 2.33. The molecular weight excluding hydrogens is 160 g/mol. The Balaban J connectivity index is 3.28. The summed E-state index contributed by atoms with van der Waals surface area (Å²) >= 11 is 0. The van der Waals surface area contributed by atoms with Gasteiger partial charge in [0.05, 0.1) is 11.4 Å². The SMILES string of the molecule is C/C=C\c1c(C)nn(C)c1/C=C\C. The maximum Gasteiger partial charge on any atom is 0.0678 e. The van der Waals surface area contributed by atoms with Gasteiger partial charge < -0.3 is 0 Å². The van der Waals surface area contributed by atoms with Crippen LogP contribution in [0.5, 0.6) is 0 Å². The van der Waals surface area contributed by atoms with Crippen molar-refractivity contribution in [2.75, 3.05) is 0 Å². The van der Waals surface area contributed by atoms with Crippen LogP contribution in [0.3, 0.4) is 0 Å². The van der Waals surface area contributed by atoms with E-state index in [4.69, 9.17) is 0 Å². The fraction of sp³-hybridized carbons (Fsp3) is 0.364. The minimum atomic E-state index is 1.08. The molecule has 0 spiro atoms. The molecule has 0 saturated heterocycles. The molecule has 0 fully saturated rings. The van der Waals surface area contributed by atoms with Gasteiger partial charge in [0.15, 0.2) is 0 Å². The highest BCUT2D eigenvalue weighted by molar-refractivity contribution is 5.64.